The topological polar surface area (TPSA) is 69.6 Å². The van der Waals surface area contributed by atoms with Crippen LogP contribution in [0.25, 0.3) is 0 Å². The van der Waals surface area contributed by atoms with Gasteiger partial charge in [0.2, 0.25) is 0 Å². The van der Waals surface area contributed by atoms with Gasteiger partial charge in [-0.15, -0.1) is 0 Å². The van der Waals surface area contributed by atoms with Crippen LogP contribution < -0.4 is 5.32 Å². The summed E-state index contributed by atoms with van der Waals surface area (Å²) in [6.45, 7) is 6.15. The fourth-order valence-corrected chi connectivity index (χ4v) is 2.05. The molecule has 1 rings (SSSR count). The zero-order valence-corrected chi connectivity index (χ0v) is 12.4. The van der Waals surface area contributed by atoms with Crippen molar-refractivity contribution in [2.45, 2.75) is 33.2 Å². The van der Waals surface area contributed by atoms with E-state index in [4.69, 9.17) is 5.11 Å². The van der Waals surface area contributed by atoms with Crippen LogP contribution in [0.1, 0.15) is 36.1 Å². The molecule has 1 aromatic carbocycles. The second-order valence-electron chi connectivity index (χ2n) is 5.10. The van der Waals surface area contributed by atoms with E-state index in [1.54, 1.807) is 7.05 Å². The Bertz CT molecular complexity index is 500. The number of carboxylic acids is 1. The number of hydrogen-bond donors (Lipinski definition) is 2. The molecular formula is C15H22N2O3. The molecule has 110 valence electrons. The maximum Gasteiger partial charge on any atom is 0.317 e. The predicted octanol–water partition coefficient (Wildman–Crippen LogP) is 2.48. The average molecular weight is 278 g/mol. The minimum atomic E-state index is -0.910. The molecule has 0 aliphatic carbocycles. The number of carboxylic acid groups (broad SMARTS) is 1. The van der Waals surface area contributed by atoms with Crippen molar-refractivity contribution in [1.82, 2.24) is 10.2 Å². The Morgan fingerprint density at radius 3 is 2.55 bits per heavy atom. The molecule has 0 aromatic heterocycles. The van der Waals surface area contributed by atoms with E-state index in [-0.39, 0.29) is 25.0 Å². The van der Waals surface area contributed by atoms with Gasteiger partial charge < -0.3 is 15.3 Å². The van der Waals surface area contributed by atoms with Gasteiger partial charge in [0.1, 0.15) is 0 Å². The number of carbonyl (C=O) groups is 2. The molecule has 0 saturated carbocycles. The number of amides is 2. The molecule has 5 heteroatoms. The number of rotatable bonds is 5. The SMILES string of the molecule is Cc1ccc(C(C)NC(=O)N(C)CCC(=O)O)c(C)c1. The monoisotopic (exact) mass is 278 g/mol. The molecule has 0 fully saturated rings. The molecule has 20 heavy (non-hydrogen) atoms. The third-order valence-electron chi connectivity index (χ3n) is 3.24. The van der Waals surface area contributed by atoms with Crippen molar-refractivity contribution in [1.29, 1.82) is 0 Å². The average Bonchev–Trinajstić information content (AvgIpc) is 2.35. The van der Waals surface area contributed by atoms with Crippen LogP contribution >= 0.6 is 0 Å². The second kappa shape index (κ2) is 6.93. The van der Waals surface area contributed by atoms with Crippen molar-refractivity contribution in [3.05, 3.63) is 34.9 Å². The Labute approximate surface area is 119 Å². The van der Waals surface area contributed by atoms with E-state index < -0.39 is 5.97 Å². The molecule has 2 amide bonds. The Morgan fingerprint density at radius 2 is 2.00 bits per heavy atom. The molecule has 0 saturated heterocycles. The van der Waals surface area contributed by atoms with Crippen molar-refractivity contribution in [3.8, 4) is 0 Å². The smallest absolute Gasteiger partial charge is 0.317 e. The van der Waals surface area contributed by atoms with Gasteiger partial charge in [0.25, 0.3) is 0 Å². The summed E-state index contributed by atoms with van der Waals surface area (Å²) in [7, 11) is 1.59. The number of benzene rings is 1. The van der Waals surface area contributed by atoms with Crippen molar-refractivity contribution in [2.24, 2.45) is 0 Å². The standard InChI is InChI=1S/C15H22N2O3/c1-10-5-6-13(11(2)9-10)12(3)16-15(20)17(4)8-7-14(18)19/h5-6,9,12H,7-8H2,1-4H3,(H,16,20)(H,18,19). The van der Waals surface area contributed by atoms with Crippen molar-refractivity contribution in [3.63, 3.8) is 0 Å². The van der Waals surface area contributed by atoms with E-state index >= 15 is 0 Å². The maximum absolute atomic E-state index is 11.9. The lowest BCUT2D eigenvalue weighted by molar-refractivity contribution is -0.137. The van der Waals surface area contributed by atoms with Gasteiger partial charge in [0.05, 0.1) is 12.5 Å². The molecule has 0 aliphatic rings. The zero-order chi connectivity index (χ0) is 15.3. The quantitative estimate of drug-likeness (QED) is 0.869. The van der Waals surface area contributed by atoms with Gasteiger partial charge in [-0.05, 0) is 31.9 Å². The molecule has 1 unspecified atom stereocenters. The minimum absolute atomic E-state index is 0.0537. The first-order valence-electron chi connectivity index (χ1n) is 6.62. The van der Waals surface area contributed by atoms with Gasteiger partial charge >= 0.3 is 12.0 Å². The van der Waals surface area contributed by atoms with E-state index in [1.165, 1.54) is 10.5 Å². The summed E-state index contributed by atoms with van der Waals surface area (Å²) < 4.78 is 0. The van der Waals surface area contributed by atoms with Crippen LogP contribution in [0.2, 0.25) is 0 Å². The highest BCUT2D eigenvalue weighted by atomic mass is 16.4. The second-order valence-corrected chi connectivity index (χ2v) is 5.10. The third-order valence-corrected chi connectivity index (χ3v) is 3.24. The van der Waals surface area contributed by atoms with Gasteiger partial charge in [-0.3, -0.25) is 4.79 Å². The first kappa shape index (κ1) is 16.0. The first-order valence-corrected chi connectivity index (χ1v) is 6.62. The molecule has 0 radical (unpaired) electrons. The zero-order valence-electron chi connectivity index (χ0n) is 12.4. The lowest BCUT2D eigenvalue weighted by Crippen LogP contribution is -2.39. The Morgan fingerprint density at radius 1 is 1.35 bits per heavy atom. The fourth-order valence-electron chi connectivity index (χ4n) is 2.05. The van der Waals surface area contributed by atoms with E-state index in [1.807, 2.05) is 32.9 Å². The normalized spacial score (nSPS) is 11.8. The van der Waals surface area contributed by atoms with Gasteiger partial charge in [-0.2, -0.15) is 0 Å². The van der Waals surface area contributed by atoms with E-state index in [0.717, 1.165) is 11.1 Å². The lowest BCUT2D eigenvalue weighted by atomic mass is 10.0. The number of aryl methyl sites for hydroxylation is 2. The summed E-state index contributed by atoms with van der Waals surface area (Å²) in [5.41, 5.74) is 3.38. The van der Waals surface area contributed by atoms with Crippen LogP contribution in [0.15, 0.2) is 18.2 Å². The first-order chi connectivity index (χ1) is 9.31. The molecular weight excluding hydrogens is 256 g/mol. The minimum Gasteiger partial charge on any atom is -0.481 e. The number of hydrogen-bond acceptors (Lipinski definition) is 2. The van der Waals surface area contributed by atoms with Crippen LogP contribution in [0, 0.1) is 13.8 Å². The van der Waals surface area contributed by atoms with Crippen LogP contribution in [-0.4, -0.2) is 35.6 Å². The summed E-state index contributed by atoms with van der Waals surface area (Å²) in [4.78, 5) is 23.8. The van der Waals surface area contributed by atoms with Crippen molar-refractivity contribution in [2.75, 3.05) is 13.6 Å². The maximum atomic E-state index is 11.9. The molecule has 1 aromatic rings. The third kappa shape index (κ3) is 4.57. The van der Waals surface area contributed by atoms with E-state index in [2.05, 4.69) is 11.4 Å². The van der Waals surface area contributed by atoms with Crippen LogP contribution in [0.3, 0.4) is 0 Å². The highest BCUT2D eigenvalue weighted by molar-refractivity contribution is 5.75. The molecule has 0 heterocycles. The summed E-state index contributed by atoms with van der Waals surface area (Å²) in [6.07, 6.45) is -0.0537. The molecule has 0 bridgehead atoms. The highest BCUT2D eigenvalue weighted by Crippen LogP contribution is 2.18. The van der Waals surface area contributed by atoms with Gasteiger partial charge in [-0.25, -0.2) is 4.79 Å². The van der Waals surface area contributed by atoms with Gasteiger partial charge in [0.15, 0.2) is 0 Å². The largest absolute Gasteiger partial charge is 0.481 e. The van der Waals surface area contributed by atoms with Crippen LogP contribution in [0.4, 0.5) is 4.79 Å². The number of carbonyl (C=O) groups excluding carboxylic acids is 1. The van der Waals surface area contributed by atoms with Crippen molar-refractivity contribution < 1.29 is 14.7 Å². The molecule has 0 aliphatic heterocycles. The van der Waals surface area contributed by atoms with Crippen molar-refractivity contribution >= 4 is 12.0 Å². The van der Waals surface area contributed by atoms with Gasteiger partial charge in [-0.1, -0.05) is 23.8 Å². The summed E-state index contributed by atoms with van der Waals surface area (Å²) in [6, 6.07) is 5.71. The molecule has 1 atom stereocenters. The summed E-state index contributed by atoms with van der Waals surface area (Å²) >= 11 is 0. The lowest BCUT2D eigenvalue weighted by Gasteiger charge is -2.22. The van der Waals surface area contributed by atoms with Gasteiger partial charge in [0, 0.05) is 13.6 Å². The van der Waals surface area contributed by atoms with E-state index in [0.29, 0.717) is 0 Å². The predicted molar refractivity (Wildman–Crippen MR) is 77.7 cm³/mol. The Kier molecular flexibility index (Phi) is 5.55. The molecule has 2 N–H and O–H groups in total. The fraction of sp³-hybridized carbons (Fsp3) is 0.467. The molecule has 0 spiro atoms. The number of nitrogens with zero attached hydrogens (tertiary/aromatic N) is 1. The number of urea groups is 1. The molecule has 5 nitrogen and oxygen atoms in total. The Hall–Kier alpha value is -2.04. The highest BCUT2D eigenvalue weighted by Gasteiger charge is 2.15. The number of aliphatic carboxylic acids is 1. The summed E-state index contributed by atoms with van der Waals surface area (Å²) in [5.74, 6) is -0.910. The number of nitrogens with one attached hydrogen (secondary N) is 1. The Balaban J connectivity index is 2.63. The van der Waals surface area contributed by atoms with Crippen LogP contribution in [-0.2, 0) is 4.79 Å². The van der Waals surface area contributed by atoms with E-state index in [9.17, 15) is 9.59 Å². The summed E-state index contributed by atoms with van der Waals surface area (Å²) in [5, 5.41) is 11.5. The van der Waals surface area contributed by atoms with Crippen LogP contribution in [0.5, 0.6) is 0 Å².